The van der Waals surface area contributed by atoms with Crippen molar-refractivity contribution < 1.29 is 0 Å². The van der Waals surface area contributed by atoms with Crippen LogP contribution in [0.4, 0.5) is 5.69 Å². The summed E-state index contributed by atoms with van der Waals surface area (Å²) in [5.74, 6) is 0. The third-order valence-corrected chi connectivity index (χ3v) is 10.3. The Morgan fingerprint density at radius 2 is 0.827 bits per heavy atom. The van der Waals surface area contributed by atoms with Crippen molar-refractivity contribution in [3.63, 3.8) is 0 Å². The van der Waals surface area contributed by atoms with Gasteiger partial charge in [-0.05, 0) is 88.0 Å². The van der Waals surface area contributed by atoms with Gasteiger partial charge in [0.15, 0.2) is 5.69 Å². The molecule has 0 spiro atoms. The SMILES string of the molecule is [C-]#[N+]c1cc(-c2ccccc2)c(-n2c3ccccc3c3cc(-c4ccc5c6ccccc6n(-c6ccccc6)c5c4)ccc32)c(-c2ccccc2)c1. The minimum absolute atomic E-state index is 0.618. The first-order valence-electron chi connectivity index (χ1n) is 17.6. The van der Waals surface area contributed by atoms with Gasteiger partial charge in [0, 0.05) is 27.2 Å². The molecule has 10 rings (SSSR count). The van der Waals surface area contributed by atoms with E-state index in [9.17, 15) is 0 Å². The van der Waals surface area contributed by atoms with Crippen LogP contribution < -0.4 is 0 Å². The van der Waals surface area contributed by atoms with Crippen LogP contribution in [0.5, 0.6) is 0 Å². The quantitative estimate of drug-likeness (QED) is 0.163. The predicted molar refractivity (Wildman–Crippen MR) is 218 cm³/mol. The second-order valence-electron chi connectivity index (χ2n) is 13.2. The molecule has 10 aromatic rings. The molecule has 8 aromatic carbocycles. The van der Waals surface area contributed by atoms with Crippen LogP contribution in [-0.2, 0) is 0 Å². The standard InChI is InChI=1S/C49H31N3/c1-50-37-31-42(33-15-5-2-6-16-33)49(43(32-37)34-17-7-3-8-18-34)52-46-24-14-12-22-40(46)44-29-35(26-28-47(44)52)36-25-27-41-39-21-11-13-23-45(39)51(48(41)30-36)38-19-9-4-10-20-38/h2-32H. The molecule has 0 amide bonds. The highest BCUT2D eigenvalue weighted by atomic mass is 15.0. The van der Waals surface area contributed by atoms with E-state index in [-0.39, 0.29) is 0 Å². The highest BCUT2D eigenvalue weighted by molar-refractivity contribution is 6.13. The maximum atomic E-state index is 8.04. The second-order valence-corrected chi connectivity index (χ2v) is 13.2. The van der Waals surface area contributed by atoms with Crippen LogP contribution in [0.1, 0.15) is 0 Å². The third kappa shape index (κ3) is 4.66. The Morgan fingerprint density at radius 3 is 1.46 bits per heavy atom. The fourth-order valence-corrected chi connectivity index (χ4v) is 8.00. The molecule has 0 radical (unpaired) electrons. The molecule has 2 heterocycles. The molecule has 52 heavy (non-hydrogen) atoms. The zero-order chi connectivity index (χ0) is 34.6. The number of nitrogens with zero attached hydrogens (tertiary/aromatic N) is 3. The van der Waals surface area contributed by atoms with Crippen molar-refractivity contribution in [2.24, 2.45) is 0 Å². The molecule has 242 valence electrons. The predicted octanol–water partition coefficient (Wildman–Crippen LogP) is 13.4. The highest BCUT2D eigenvalue weighted by Gasteiger charge is 2.21. The maximum Gasteiger partial charge on any atom is 0.188 e. The Balaban J connectivity index is 1.24. The van der Waals surface area contributed by atoms with E-state index >= 15 is 0 Å². The van der Waals surface area contributed by atoms with Gasteiger partial charge < -0.3 is 9.13 Å². The summed E-state index contributed by atoms with van der Waals surface area (Å²) in [6.45, 7) is 8.04. The van der Waals surface area contributed by atoms with Crippen molar-refractivity contribution in [1.29, 1.82) is 0 Å². The number of hydrogen-bond donors (Lipinski definition) is 0. The fourth-order valence-electron chi connectivity index (χ4n) is 8.00. The molecule has 0 aliphatic rings. The molecule has 3 nitrogen and oxygen atoms in total. The summed E-state index contributed by atoms with van der Waals surface area (Å²) < 4.78 is 4.78. The molecule has 2 aromatic heterocycles. The average molecular weight is 662 g/mol. The Bertz CT molecular complexity index is 2940. The van der Waals surface area contributed by atoms with Gasteiger partial charge >= 0.3 is 0 Å². The molecule has 3 heteroatoms. The monoisotopic (exact) mass is 661 g/mol. The summed E-state index contributed by atoms with van der Waals surface area (Å²) in [4.78, 5) is 3.93. The Hall–Kier alpha value is -7.15. The number of aromatic nitrogens is 2. The lowest BCUT2D eigenvalue weighted by molar-refractivity contribution is 1.18. The third-order valence-electron chi connectivity index (χ3n) is 10.3. The number of rotatable bonds is 5. The Morgan fingerprint density at radius 1 is 0.346 bits per heavy atom. The molecule has 0 atom stereocenters. The van der Waals surface area contributed by atoms with Crippen molar-refractivity contribution in [1.82, 2.24) is 9.13 Å². The van der Waals surface area contributed by atoms with Gasteiger partial charge in [0.25, 0.3) is 0 Å². The van der Waals surface area contributed by atoms with Gasteiger partial charge in [-0.25, -0.2) is 4.85 Å². The van der Waals surface area contributed by atoms with Crippen molar-refractivity contribution in [2.75, 3.05) is 0 Å². The first-order valence-corrected chi connectivity index (χ1v) is 17.6. The normalized spacial score (nSPS) is 11.4. The largest absolute Gasteiger partial charge is 0.309 e. The summed E-state index contributed by atoms with van der Waals surface area (Å²) in [6.07, 6.45) is 0. The van der Waals surface area contributed by atoms with E-state index in [0.29, 0.717) is 5.69 Å². The lowest BCUT2D eigenvalue weighted by Gasteiger charge is -2.20. The van der Waals surface area contributed by atoms with Gasteiger partial charge in [-0.15, -0.1) is 0 Å². The molecule has 0 aliphatic heterocycles. The first kappa shape index (κ1) is 29.7. The van der Waals surface area contributed by atoms with Gasteiger partial charge in [0.05, 0.1) is 34.3 Å². The summed E-state index contributed by atoms with van der Waals surface area (Å²) in [6, 6.07) is 66.7. The second kappa shape index (κ2) is 12.0. The maximum absolute atomic E-state index is 8.04. The van der Waals surface area contributed by atoms with Gasteiger partial charge in [0.1, 0.15) is 0 Å². The van der Waals surface area contributed by atoms with Crippen LogP contribution in [0.2, 0.25) is 0 Å². The van der Waals surface area contributed by atoms with E-state index < -0.39 is 0 Å². The van der Waals surface area contributed by atoms with E-state index in [1.165, 1.54) is 38.1 Å². The molecule has 0 saturated heterocycles. The lowest BCUT2D eigenvalue weighted by Crippen LogP contribution is -2.01. The molecule has 0 unspecified atom stereocenters. The summed E-state index contributed by atoms with van der Waals surface area (Å²) in [5.41, 5.74) is 14.0. The molecule has 0 N–H and O–H groups in total. The summed E-state index contributed by atoms with van der Waals surface area (Å²) in [5, 5.41) is 4.86. The molecule has 0 bridgehead atoms. The number of hydrogen-bond acceptors (Lipinski definition) is 0. The topological polar surface area (TPSA) is 14.2 Å². The molecular weight excluding hydrogens is 631 g/mol. The van der Waals surface area contributed by atoms with Gasteiger partial charge in [-0.1, -0.05) is 133 Å². The molecule has 0 fully saturated rings. The van der Waals surface area contributed by atoms with E-state index in [1.54, 1.807) is 0 Å². The van der Waals surface area contributed by atoms with Crippen LogP contribution in [-0.4, -0.2) is 9.13 Å². The number of benzene rings is 8. The minimum Gasteiger partial charge on any atom is -0.309 e. The highest BCUT2D eigenvalue weighted by Crippen LogP contribution is 2.44. The van der Waals surface area contributed by atoms with Crippen LogP contribution in [0.25, 0.3) is 93.2 Å². The molecular formula is C49H31N3. The number of para-hydroxylation sites is 3. The zero-order valence-electron chi connectivity index (χ0n) is 28.2. The van der Waals surface area contributed by atoms with E-state index in [1.807, 2.05) is 24.3 Å². The van der Waals surface area contributed by atoms with Crippen molar-refractivity contribution >= 4 is 49.3 Å². The van der Waals surface area contributed by atoms with E-state index in [0.717, 1.165) is 50.2 Å². The number of fused-ring (bicyclic) bond motifs is 6. The smallest absolute Gasteiger partial charge is 0.188 e. The first-order chi connectivity index (χ1) is 25.8. The molecule has 0 aliphatic carbocycles. The van der Waals surface area contributed by atoms with Crippen molar-refractivity contribution in [3.8, 4) is 44.8 Å². The van der Waals surface area contributed by atoms with Crippen molar-refractivity contribution in [3.05, 3.63) is 199 Å². The average Bonchev–Trinajstić information content (AvgIpc) is 3.73. The minimum atomic E-state index is 0.618. The summed E-state index contributed by atoms with van der Waals surface area (Å²) >= 11 is 0. The Labute approximate surface area is 301 Å². The summed E-state index contributed by atoms with van der Waals surface area (Å²) in [7, 11) is 0. The van der Waals surface area contributed by atoms with E-state index in [4.69, 9.17) is 6.57 Å². The van der Waals surface area contributed by atoms with Gasteiger partial charge in [0.2, 0.25) is 0 Å². The van der Waals surface area contributed by atoms with Crippen LogP contribution >= 0.6 is 0 Å². The lowest BCUT2D eigenvalue weighted by atomic mass is 9.94. The van der Waals surface area contributed by atoms with Gasteiger partial charge in [-0.3, -0.25) is 0 Å². The zero-order valence-corrected chi connectivity index (χ0v) is 28.2. The Kier molecular flexibility index (Phi) is 6.87. The van der Waals surface area contributed by atoms with Crippen LogP contribution in [0, 0.1) is 6.57 Å². The molecule has 0 saturated carbocycles. The van der Waals surface area contributed by atoms with Crippen molar-refractivity contribution in [2.45, 2.75) is 0 Å². The van der Waals surface area contributed by atoms with Crippen LogP contribution in [0.3, 0.4) is 0 Å². The van der Waals surface area contributed by atoms with E-state index in [2.05, 4.69) is 178 Å². The van der Waals surface area contributed by atoms with Crippen LogP contribution in [0.15, 0.2) is 188 Å². The fraction of sp³-hybridized carbons (Fsp3) is 0. The van der Waals surface area contributed by atoms with Gasteiger partial charge in [-0.2, -0.15) is 0 Å².